The summed E-state index contributed by atoms with van der Waals surface area (Å²) in [4.78, 5) is 19.9. The van der Waals surface area contributed by atoms with Crippen LogP contribution in [0.25, 0.3) is 23.1 Å². The van der Waals surface area contributed by atoms with E-state index in [9.17, 15) is 4.79 Å². The van der Waals surface area contributed by atoms with Crippen LogP contribution in [0.4, 0.5) is 0 Å². The minimum Gasteiger partial charge on any atom is -0.332 e. The first-order chi connectivity index (χ1) is 10.0. The molecule has 106 valence electrons. The number of H-pyrrole nitrogens is 1. The average Bonchev–Trinajstić information content (AvgIpc) is 2.90. The largest absolute Gasteiger partial charge is 0.332 e. The van der Waals surface area contributed by atoms with E-state index in [0.717, 1.165) is 5.56 Å². The molecule has 0 amide bonds. The first-order valence-corrected chi connectivity index (χ1v) is 6.87. The van der Waals surface area contributed by atoms with Crippen LogP contribution in [0.3, 0.4) is 0 Å². The van der Waals surface area contributed by atoms with Crippen molar-refractivity contribution >= 4 is 15.9 Å². The zero-order chi connectivity index (χ0) is 15.0. The van der Waals surface area contributed by atoms with E-state index in [1.54, 1.807) is 13.0 Å². The van der Waals surface area contributed by atoms with Crippen LogP contribution >= 0.6 is 15.9 Å². The highest BCUT2D eigenvalue weighted by Crippen LogP contribution is 2.21. The third-order valence-electron chi connectivity index (χ3n) is 2.80. The molecule has 3 aromatic heterocycles. The molecule has 0 radical (unpaired) electrons. The number of aromatic nitrogens is 5. The number of nitrogens with one attached hydrogen (secondary N) is 1. The Morgan fingerprint density at radius 2 is 1.95 bits per heavy atom. The SMILES string of the molecule is Cc1cc(Br)nc(-c2noc(-c3cc(C)c(=O)[nH]n3)n2)c1. The van der Waals surface area contributed by atoms with Crippen molar-refractivity contribution in [1.29, 1.82) is 0 Å². The number of pyridine rings is 1. The van der Waals surface area contributed by atoms with E-state index in [1.165, 1.54) is 0 Å². The molecule has 0 saturated carbocycles. The number of hydrogen-bond acceptors (Lipinski definition) is 6. The van der Waals surface area contributed by atoms with E-state index in [1.807, 2.05) is 19.1 Å². The van der Waals surface area contributed by atoms with Gasteiger partial charge in [-0.15, -0.1) is 0 Å². The van der Waals surface area contributed by atoms with Crippen LogP contribution in [0.1, 0.15) is 11.1 Å². The van der Waals surface area contributed by atoms with Crippen molar-refractivity contribution in [2.45, 2.75) is 13.8 Å². The third-order valence-corrected chi connectivity index (χ3v) is 3.21. The maximum absolute atomic E-state index is 11.3. The zero-order valence-corrected chi connectivity index (χ0v) is 12.8. The monoisotopic (exact) mass is 347 g/mol. The Morgan fingerprint density at radius 3 is 2.67 bits per heavy atom. The van der Waals surface area contributed by atoms with E-state index < -0.39 is 0 Å². The fourth-order valence-corrected chi connectivity index (χ4v) is 2.33. The molecule has 21 heavy (non-hydrogen) atoms. The molecule has 0 aliphatic heterocycles. The minimum atomic E-state index is -0.247. The first kappa shape index (κ1) is 13.6. The predicted octanol–water partition coefficient (Wildman–Crippen LogP) is 2.26. The highest BCUT2D eigenvalue weighted by atomic mass is 79.9. The van der Waals surface area contributed by atoms with Crippen molar-refractivity contribution in [1.82, 2.24) is 25.3 Å². The van der Waals surface area contributed by atoms with Crippen molar-refractivity contribution in [3.8, 4) is 23.1 Å². The number of nitrogens with zero attached hydrogens (tertiary/aromatic N) is 4. The molecule has 0 unspecified atom stereocenters. The number of hydrogen-bond donors (Lipinski definition) is 1. The summed E-state index contributed by atoms with van der Waals surface area (Å²) in [6.45, 7) is 3.63. The molecule has 3 rings (SSSR count). The Morgan fingerprint density at radius 1 is 1.14 bits per heavy atom. The summed E-state index contributed by atoms with van der Waals surface area (Å²) in [5.41, 5.74) is 2.31. The van der Waals surface area contributed by atoms with Gasteiger partial charge in [-0.2, -0.15) is 10.1 Å². The van der Waals surface area contributed by atoms with Crippen LogP contribution < -0.4 is 5.56 Å². The van der Waals surface area contributed by atoms with Gasteiger partial charge in [0.1, 0.15) is 16.0 Å². The van der Waals surface area contributed by atoms with Crippen LogP contribution in [0, 0.1) is 13.8 Å². The van der Waals surface area contributed by atoms with Gasteiger partial charge in [0, 0.05) is 5.56 Å². The van der Waals surface area contributed by atoms with Crippen LogP contribution in [0.15, 0.2) is 32.1 Å². The fraction of sp³-hybridized carbons (Fsp3) is 0.154. The molecule has 0 aliphatic rings. The summed E-state index contributed by atoms with van der Waals surface area (Å²) in [6.07, 6.45) is 0. The molecule has 0 atom stereocenters. The van der Waals surface area contributed by atoms with Crippen molar-refractivity contribution in [3.05, 3.63) is 44.3 Å². The van der Waals surface area contributed by atoms with Gasteiger partial charge in [0.15, 0.2) is 0 Å². The van der Waals surface area contributed by atoms with Gasteiger partial charge in [-0.1, -0.05) is 5.16 Å². The second kappa shape index (κ2) is 5.21. The van der Waals surface area contributed by atoms with Crippen LogP contribution in [0.2, 0.25) is 0 Å². The van der Waals surface area contributed by atoms with Crippen LogP contribution in [-0.4, -0.2) is 25.3 Å². The number of rotatable bonds is 2. The molecule has 3 aromatic rings. The van der Waals surface area contributed by atoms with Crippen molar-refractivity contribution in [2.75, 3.05) is 0 Å². The molecular weight excluding hydrogens is 338 g/mol. The number of halogens is 1. The molecule has 8 heteroatoms. The molecular formula is C13H10BrN5O2. The van der Waals surface area contributed by atoms with E-state index in [4.69, 9.17) is 4.52 Å². The minimum absolute atomic E-state index is 0.226. The smallest absolute Gasteiger partial charge is 0.278 e. The standard InChI is InChI=1S/C13H10BrN5O2/c1-6-3-8(15-10(14)4-6)11-16-13(21-19-11)9-5-7(2)12(20)18-17-9/h3-5H,1-2H3,(H,18,20). The van der Waals surface area contributed by atoms with E-state index in [-0.39, 0.29) is 11.4 Å². The summed E-state index contributed by atoms with van der Waals surface area (Å²) in [6, 6.07) is 5.33. The number of aryl methyl sites for hydroxylation is 2. The Bertz CT molecular complexity index is 851. The van der Waals surface area contributed by atoms with Gasteiger partial charge in [0.05, 0.1) is 0 Å². The maximum Gasteiger partial charge on any atom is 0.278 e. The summed E-state index contributed by atoms with van der Waals surface area (Å²) < 4.78 is 5.87. The molecule has 0 fully saturated rings. The van der Waals surface area contributed by atoms with Gasteiger partial charge >= 0.3 is 0 Å². The van der Waals surface area contributed by atoms with Gasteiger partial charge in [-0.05, 0) is 53.5 Å². The predicted molar refractivity (Wildman–Crippen MR) is 78.6 cm³/mol. The second-order valence-corrected chi connectivity index (χ2v) is 5.35. The van der Waals surface area contributed by atoms with Gasteiger partial charge in [-0.25, -0.2) is 10.1 Å². The molecule has 3 heterocycles. The average molecular weight is 348 g/mol. The van der Waals surface area contributed by atoms with Gasteiger partial charge in [0.2, 0.25) is 5.82 Å². The van der Waals surface area contributed by atoms with E-state index in [0.29, 0.717) is 27.4 Å². The van der Waals surface area contributed by atoms with Gasteiger partial charge in [-0.3, -0.25) is 4.79 Å². The fourth-order valence-electron chi connectivity index (χ4n) is 1.78. The Labute approximate surface area is 127 Å². The maximum atomic E-state index is 11.3. The molecule has 7 nitrogen and oxygen atoms in total. The highest BCUT2D eigenvalue weighted by molar-refractivity contribution is 9.10. The van der Waals surface area contributed by atoms with E-state index in [2.05, 4.69) is 41.3 Å². The second-order valence-electron chi connectivity index (χ2n) is 4.54. The summed E-state index contributed by atoms with van der Waals surface area (Å²) >= 11 is 3.33. The summed E-state index contributed by atoms with van der Waals surface area (Å²) in [7, 11) is 0. The van der Waals surface area contributed by atoms with E-state index >= 15 is 0 Å². The zero-order valence-electron chi connectivity index (χ0n) is 11.2. The Kier molecular flexibility index (Phi) is 3.38. The lowest BCUT2D eigenvalue weighted by atomic mass is 10.2. The lowest BCUT2D eigenvalue weighted by Crippen LogP contribution is -2.11. The van der Waals surface area contributed by atoms with Crippen molar-refractivity contribution in [3.63, 3.8) is 0 Å². The molecule has 0 spiro atoms. The Hall–Kier alpha value is -2.35. The summed E-state index contributed by atoms with van der Waals surface area (Å²) in [5, 5.41) is 10.2. The quantitative estimate of drug-likeness (QED) is 0.714. The topological polar surface area (TPSA) is 97.6 Å². The van der Waals surface area contributed by atoms with Gasteiger partial charge in [0.25, 0.3) is 11.4 Å². The lowest BCUT2D eigenvalue weighted by Gasteiger charge is -1.97. The molecule has 0 aliphatic carbocycles. The normalized spacial score (nSPS) is 10.8. The third kappa shape index (κ3) is 2.75. The Balaban J connectivity index is 2.03. The van der Waals surface area contributed by atoms with Crippen LogP contribution in [0.5, 0.6) is 0 Å². The molecule has 0 bridgehead atoms. The highest BCUT2D eigenvalue weighted by Gasteiger charge is 2.14. The summed E-state index contributed by atoms with van der Waals surface area (Å²) in [5.74, 6) is 0.587. The van der Waals surface area contributed by atoms with Gasteiger partial charge < -0.3 is 4.52 Å². The molecule has 0 saturated heterocycles. The first-order valence-electron chi connectivity index (χ1n) is 6.08. The molecule has 1 N–H and O–H groups in total. The van der Waals surface area contributed by atoms with Crippen LogP contribution in [-0.2, 0) is 0 Å². The number of aromatic amines is 1. The molecule has 0 aromatic carbocycles. The van der Waals surface area contributed by atoms with Crippen molar-refractivity contribution in [2.24, 2.45) is 0 Å². The lowest BCUT2D eigenvalue weighted by molar-refractivity contribution is 0.430. The van der Waals surface area contributed by atoms with Crippen molar-refractivity contribution < 1.29 is 4.52 Å².